The molecule has 0 saturated carbocycles. The predicted octanol–water partition coefficient (Wildman–Crippen LogP) is 5.86. The molecular weight excluding hydrogens is 336 g/mol. The highest BCUT2D eigenvalue weighted by molar-refractivity contribution is 5.94. The van der Waals surface area contributed by atoms with Gasteiger partial charge in [-0.2, -0.15) is 0 Å². The minimum Gasteiger partial charge on any atom is -0.423 e. The molecule has 27 heavy (non-hydrogen) atoms. The first-order valence-electron chi connectivity index (χ1n) is 9.44. The monoisotopic (exact) mass is 362 g/mol. The third-order valence-electron chi connectivity index (χ3n) is 4.07. The highest BCUT2D eigenvalue weighted by atomic mass is 16.5. The zero-order chi connectivity index (χ0) is 19.3. The van der Waals surface area contributed by atoms with Crippen molar-refractivity contribution in [3.05, 3.63) is 77.9 Å². The van der Waals surface area contributed by atoms with Gasteiger partial charge in [-0.25, -0.2) is 4.79 Å². The van der Waals surface area contributed by atoms with Gasteiger partial charge < -0.3 is 4.74 Å². The van der Waals surface area contributed by atoms with E-state index in [9.17, 15) is 9.59 Å². The number of rotatable bonds is 10. The van der Waals surface area contributed by atoms with E-state index in [0.717, 1.165) is 31.2 Å². The Labute approximate surface area is 161 Å². The number of allylic oxidation sites excluding steroid dienone is 1. The third-order valence-corrected chi connectivity index (χ3v) is 4.07. The molecule has 0 bridgehead atoms. The Morgan fingerprint density at radius 2 is 1.59 bits per heavy atom. The van der Waals surface area contributed by atoms with Crippen molar-refractivity contribution in [3.63, 3.8) is 0 Å². The maximum absolute atomic E-state index is 12.1. The van der Waals surface area contributed by atoms with E-state index < -0.39 is 5.97 Å². The molecule has 0 amide bonds. The molecule has 0 atom stereocenters. The van der Waals surface area contributed by atoms with E-state index >= 15 is 0 Å². The van der Waals surface area contributed by atoms with Gasteiger partial charge in [-0.1, -0.05) is 74.7 Å². The van der Waals surface area contributed by atoms with E-state index in [2.05, 4.69) is 6.92 Å². The van der Waals surface area contributed by atoms with E-state index in [4.69, 9.17) is 4.74 Å². The molecule has 0 spiro atoms. The summed E-state index contributed by atoms with van der Waals surface area (Å²) in [6, 6.07) is 16.7. The Hall–Kier alpha value is -2.94. The second-order valence-corrected chi connectivity index (χ2v) is 6.31. The van der Waals surface area contributed by atoms with Crippen LogP contribution in [0.3, 0.4) is 0 Å². The smallest absolute Gasteiger partial charge is 0.336 e. The van der Waals surface area contributed by atoms with Gasteiger partial charge >= 0.3 is 5.97 Å². The van der Waals surface area contributed by atoms with Crippen molar-refractivity contribution in [2.24, 2.45) is 0 Å². The molecule has 0 N–H and O–H groups in total. The maximum Gasteiger partial charge on any atom is 0.336 e. The molecule has 0 aromatic heterocycles. The number of unbranched alkanes of at least 4 members (excludes halogenated alkanes) is 3. The summed E-state index contributed by atoms with van der Waals surface area (Å²) < 4.78 is 5.42. The summed E-state index contributed by atoms with van der Waals surface area (Å²) in [5.41, 5.74) is 1.64. The molecule has 0 saturated heterocycles. The van der Waals surface area contributed by atoms with Crippen LogP contribution in [0.5, 0.6) is 5.75 Å². The summed E-state index contributed by atoms with van der Waals surface area (Å²) in [6.07, 6.45) is 11.3. The average Bonchev–Trinajstić information content (AvgIpc) is 2.70. The molecule has 3 heteroatoms. The molecule has 2 aromatic carbocycles. The molecule has 0 aliphatic carbocycles. The van der Waals surface area contributed by atoms with E-state index in [0.29, 0.717) is 17.7 Å². The molecular formula is C24H26O3. The second kappa shape index (κ2) is 11.6. The Bertz CT molecular complexity index is 788. The molecule has 140 valence electrons. The fraction of sp³-hybridized carbons (Fsp3) is 0.250. The predicted molar refractivity (Wildman–Crippen MR) is 110 cm³/mol. The lowest BCUT2D eigenvalue weighted by Crippen LogP contribution is -2.04. The van der Waals surface area contributed by atoms with Crippen LogP contribution in [0, 0.1) is 0 Å². The normalized spacial score (nSPS) is 11.1. The molecule has 0 aliphatic rings. The summed E-state index contributed by atoms with van der Waals surface area (Å²) >= 11 is 0. The molecule has 0 heterocycles. The Morgan fingerprint density at radius 3 is 2.37 bits per heavy atom. The summed E-state index contributed by atoms with van der Waals surface area (Å²) in [4.78, 5) is 24.0. The van der Waals surface area contributed by atoms with Gasteiger partial charge in [0.1, 0.15) is 5.75 Å². The number of carbonyl (C=O) groups excluding carboxylic acids is 2. The van der Waals surface area contributed by atoms with Crippen molar-refractivity contribution in [3.8, 4) is 5.75 Å². The number of esters is 1. The number of para-hydroxylation sites is 1. The number of carbonyl (C=O) groups is 2. The molecule has 2 rings (SSSR count). The quantitative estimate of drug-likeness (QED) is 0.230. The van der Waals surface area contributed by atoms with Crippen LogP contribution < -0.4 is 4.74 Å². The zero-order valence-electron chi connectivity index (χ0n) is 15.8. The van der Waals surface area contributed by atoms with E-state index in [1.165, 1.54) is 6.08 Å². The van der Waals surface area contributed by atoms with Crippen LogP contribution in [0.1, 0.15) is 50.2 Å². The van der Waals surface area contributed by atoms with Gasteiger partial charge in [0, 0.05) is 18.1 Å². The Kier molecular flexibility index (Phi) is 8.78. The van der Waals surface area contributed by atoms with Crippen LogP contribution >= 0.6 is 0 Å². The highest BCUT2D eigenvalue weighted by Crippen LogP contribution is 2.20. The molecule has 0 radical (unpaired) electrons. The number of benzene rings is 2. The number of hydrogen-bond acceptors (Lipinski definition) is 3. The Balaban J connectivity index is 1.94. The van der Waals surface area contributed by atoms with Crippen LogP contribution in [0.15, 0.2) is 66.7 Å². The molecule has 2 aromatic rings. The summed E-state index contributed by atoms with van der Waals surface area (Å²) in [6.45, 7) is 2.15. The standard InChI is InChI=1S/C24H26O3/c1-2-3-4-8-14-22(25)18-17-21-13-9-10-15-23(21)27-24(26)19-16-20-11-6-5-7-12-20/h5-7,9-13,15-19H,2-4,8,14H2,1H3/b18-17+,19-16+. The summed E-state index contributed by atoms with van der Waals surface area (Å²) in [5.74, 6) is 0.0806. The van der Waals surface area contributed by atoms with Gasteiger partial charge in [-0.3, -0.25) is 4.79 Å². The van der Waals surface area contributed by atoms with Gasteiger partial charge in [0.15, 0.2) is 5.78 Å². The first-order chi connectivity index (χ1) is 13.2. The fourth-order valence-electron chi connectivity index (χ4n) is 2.57. The molecule has 0 aliphatic heterocycles. The largest absolute Gasteiger partial charge is 0.423 e. The SMILES string of the molecule is CCCCCCC(=O)/C=C/c1ccccc1OC(=O)/C=C/c1ccccc1. The number of hydrogen-bond donors (Lipinski definition) is 0. The third kappa shape index (κ3) is 7.87. The van der Waals surface area contributed by atoms with Crippen LogP contribution in [0.4, 0.5) is 0 Å². The lowest BCUT2D eigenvalue weighted by atomic mass is 10.1. The summed E-state index contributed by atoms with van der Waals surface area (Å²) in [5, 5.41) is 0. The minimum atomic E-state index is -0.453. The van der Waals surface area contributed by atoms with Crippen LogP contribution in [0.25, 0.3) is 12.2 Å². The number of ether oxygens (including phenoxy) is 1. The minimum absolute atomic E-state index is 0.0937. The maximum atomic E-state index is 12.1. The van der Waals surface area contributed by atoms with Crippen molar-refractivity contribution < 1.29 is 14.3 Å². The topological polar surface area (TPSA) is 43.4 Å². The molecule has 0 fully saturated rings. The second-order valence-electron chi connectivity index (χ2n) is 6.31. The first-order valence-corrected chi connectivity index (χ1v) is 9.44. The van der Waals surface area contributed by atoms with Gasteiger partial charge in [0.25, 0.3) is 0 Å². The van der Waals surface area contributed by atoms with Gasteiger partial charge in [-0.05, 0) is 36.3 Å². The summed E-state index contributed by atoms with van der Waals surface area (Å²) in [7, 11) is 0. The Morgan fingerprint density at radius 1 is 0.852 bits per heavy atom. The molecule has 3 nitrogen and oxygen atoms in total. The zero-order valence-corrected chi connectivity index (χ0v) is 15.8. The first kappa shape index (κ1) is 20.4. The van der Waals surface area contributed by atoms with Crippen molar-refractivity contribution in [1.29, 1.82) is 0 Å². The van der Waals surface area contributed by atoms with Gasteiger partial charge in [0.2, 0.25) is 0 Å². The fourth-order valence-corrected chi connectivity index (χ4v) is 2.57. The van der Waals surface area contributed by atoms with Crippen molar-refractivity contribution in [1.82, 2.24) is 0 Å². The van der Waals surface area contributed by atoms with Crippen molar-refractivity contribution >= 4 is 23.9 Å². The number of ketones is 1. The van der Waals surface area contributed by atoms with Crippen molar-refractivity contribution in [2.45, 2.75) is 39.0 Å². The molecule has 0 unspecified atom stereocenters. The average molecular weight is 362 g/mol. The lowest BCUT2D eigenvalue weighted by molar-refractivity contribution is -0.128. The van der Waals surface area contributed by atoms with Crippen LogP contribution in [0.2, 0.25) is 0 Å². The van der Waals surface area contributed by atoms with E-state index in [1.54, 1.807) is 30.4 Å². The van der Waals surface area contributed by atoms with E-state index in [-0.39, 0.29) is 5.78 Å². The van der Waals surface area contributed by atoms with Gasteiger partial charge in [-0.15, -0.1) is 0 Å². The van der Waals surface area contributed by atoms with E-state index in [1.807, 2.05) is 42.5 Å². The highest BCUT2D eigenvalue weighted by Gasteiger charge is 2.05. The van der Waals surface area contributed by atoms with Crippen LogP contribution in [-0.4, -0.2) is 11.8 Å². The van der Waals surface area contributed by atoms with Crippen molar-refractivity contribution in [2.75, 3.05) is 0 Å². The van der Waals surface area contributed by atoms with Crippen LogP contribution in [-0.2, 0) is 9.59 Å². The lowest BCUT2D eigenvalue weighted by Gasteiger charge is -2.05. The van der Waals surface area contributed by atoms with Gasteiger partial charge in [0.05, 0.1) is 0 Å².